The Balaban J connectivity index is 2.29. The summed E-state index contributed by atoms with van der Waals surface area (Å²) in [5.74, 6) is -1.59. The molecule has 0 saturated carbocycles. The lowest BCUT2D eigenvalue weighted by atomic mass is 10.00. The molecule has 114 valence electrons. The molecule has 6 heteroatoms. The zero-order chi connectivity index (χ0) is 16.1. The molecule has 0 radical (unpaired) electrons. The van der Waals surface area contributed by atoms with E-state index in [1.54, 1.807) is 6.07 Å². The predicted octanol–water partition coefficient (Wildman–Crippen LogP) is 4.30. The molecule has 0 aliphatic heterocycles. The van der Waals surface area contributed by atoms with Crippen LogP contribution in [0.5, 0.6) is 0 Å². The third kappa shape index (κ3) is 3.92. The molecule has 2 aromatic carbocycles. The number of rotatable bonds is 5. The molecule has 0 unspecified atom stereocenters. The third-order valence-corrected chi connectivity index (χ3v) is 3.68. The molecule has 0 aromatic heterocycles. The fourth-order valence-electron chi connectivity index (χ4n) is 2.03. The van der Waals surface area contributed by atoms with Crippen molar-refractivity contribution in [3.63, 3.8) is 0 Å². The number of benzene rings is 2. The van der Waals surface area contributed by atoms with Crippen LogP contribution >= 0.6 is 15.9 Å². The maximum Gasteiger partial charge on any atom is 0.303 e. The highest BCUT2D eigenvalue weighted by Crippen LogP contribution is 2.24. The fraction of sp³-hybridized carbons (Fsp3) is 0.125. The predicted molar refractivity (Wildman–Crippen MR) is 84.7 cm³/mol. The van der Waals surface area contributed by atoms with Crippen LogP contribution in [0.1, 0.15) is 18.4 Å². The first-order chi connectivity index (χ1) is 10.5. The third-order valence-electron chi connectivity index (χ3n) is 3.15. The van der Waals surface area contributed by atoms with Crippen LogP contribution < -0.4 is 0 Å². The average Bonchev–Trinajstić information content (AvgIpc) is 2.49. The summed E-state index contributed by atoms with van der Waals surface area (Å²) in [5.41, 5.74) is 1.65. The summed E-state index contributed by atoms with van der Waals surface area (Å²) in [5, 5.41) is 20.6. The van der Waals surface area contributed by atoms with Crippen molar-refractivity contribution in [2.24, 2.45) is 5.16 Å². The van der Waals surface area contributed by atoms with E-state index < -0.39 is 11.8 Å². The number of carbonyl (C=O) groups is 1. The van der Waals surface area contributed by atoms with Gasteiger partial charge in [-0.1, -0.05) is 39.3 Å². The van der Waals surface area contributed by atoms with Gasteiger partial charge in [0.25, 0.3) is 0 Å². The van der Waals surface area contributed by atoms with Crippen molar-refractivity contribution < 1.29 is 19.5 Å². The SMILES string of the molecule is O=C(O)CC/C(=N\O)c1ccc(-c2ccc(Br)cc2)cc1F. The van der Waals surface area contributed by atoms with Gasteiger partial charge in [0.1, 0.15) is 5.82 Å². The summed E-state index contributed by atoms with van der Waals surface area (Å²) in [4.78, 5) is 10.6. The maximum atomic E-state index is 14.2. The molecule has 0 heterocycles. The van der Waals surface area contributed by atoms with Crippen molar-refractivity contribution in [1.29, 1.82) is 0 Å². The van der Waals surface area contributed by atoms with Gasteiger partial charge in [-0.05, 0) is 35.4 Å². The zero-order valence-corrected chi connectivity index (χ0v) is 13.0. The number of oxime groups is 1. The van der Waals surface area contributed by atoms with Gasteiger partial charge in [0.05, 0.1) is 12.1 Å². The van der Waals surface area contributed by atoms with E-state index in [2.05, 4.69) is 21.1 Å². The normalized spacial score (nSPS) is 11.5. The van der Waals surface area contributed by atoms with Crippen molar-refractivity contribution in [1.82, 2.24) is 0 Å². The average molecular weight is 366 g/mol. The summed E-state index contributed by atoms with van der Waals surface area (Å²) in [7, 11) is 0. The number of carboxylic acid groups (broad SMARTS) is 1. The summed E-state index contributed by atoms with van der Waals surface area (Å²) in [6.45, 7) is 0. The van der Waals surface area contributed by atoms with E-state index in [0.717, 1.165) is 10.0 Å². The summed E-state index contributed by atoms with van der Waals surface area (Å²) >= 11 is 3.34. The van der Waals surface area contributed by atoms with Gasteiger partial charge < -0.3 is 10.3 Å². The summed E-state index contributed by atoms with van der Waals surface area (Å²) < 4.78 is 15.2. The monoisotopic (exact) mass is 365 g/mol. The van der Waals surface area contributed by atoms with Crippen molar-refractivity contribution >= 4 is 27.6 Å². The summed E-state index contributed by atoms with van der Waals surface area (Å²) in [6.07, 6.45) is -0.270. The van der Waals surface area contributed by atoms with Crippen LogP contribution in [-0.2, 0) is 4.79 Å². The molecular formula is C16H13BrFNO3. The number of hydrogen-bond acceptors (Lipinski definition) is 3. The Morgan fingerprint density at radius 3 is 2.27 bits per heavy atom. The van der Waals surface area contributed by atoms with E-state index in [4.69, 9.17) is 10.3 Å². The van der Waals surface area contributed by atoms with Gasteiger partial charge in [0.15, 0.2) is 0 Å². The molecule has 2 aromatic rings. The second-order valence-electron chi connectivity index (χ2n) is 4.64. The molecule has 0 aliphatic carbocycles. The molecule has 0 saturated heterocycles. The highest BCUT2D eigenvalue weighted by atomic mass is 79.9. The Morgan fingerprint density at radius 2 is 1.73 bits per heavy atom. The lowest BCUT2D eigenvalue weighted by molar-refractivity contribution is -0.136. The minimum absolute atomic E-state index is 0.0160. The van der Waals surface area contributed by atoms with Gasteiger partial charge in [-0.15, -0.1) is 0 Å². The van der Waals surface area contributed by atoms with Crippen LogP contribution in [-0.4, -0.2) is 22.0 Å². The van der Waals surface area contributed by atoms with Gasteiger partial charge >= 0.3 is 5.97 Å². The molecule has 0 fully saturated rings. The Kier molecular flexibility index (Phi) is 5.27. The second kappa shape index (κ2) is 7.17. The second-order valence-corrected chi connectivity index (χ2v) is 5.56. The fourth-order valence-corrected chi connectivity index (χ4v) is 2.30. The van der Waals surface area contributed by atoms with Crippen LogP contribution in [0.15, 0.2) is 52.1 Å². The first-order valence-electron chi connectivity index (χ1n) is 6.50. The van der Waals surface area contributed by atoms with Crippen LogP contribution in [0.3, 0.4) is 0 Å². The van der Waals surface area contributed by atoms with Gasteiger partial charge in [0, 0.05) is 16.5 Å². The minimum atomic E-state index is -1.03. The van der Waals surface area contributed by atoms with Gasteiger partial charge in [-0.3, -0.25) is 4.79 Å². The lowest BCUT2D eigenvalue weighted by Gasteiger charge is -2.08. The van der Waals surface area contributed by atoms with E-state index in [0.29, 0.717) is 5.56 Å². The van der Waals surface area contributed by atoms with Crippen molar-refractivity contribution in [2.75, 3.05) is 0 Å². The highest BCUT2D eigenvalue weighted by molar-refractivity contribution is 9.10. The van der Waals surface area contributed by atoms with Crippen LogP contribution in [0.2, 0.25) is 0 Å². The van der Waals surface area contributed by atoms with E-state index in [1.807, 2.05) is 24.3 Å². The van der Waals surface area contributed by atoms with Crippen LogP contribution in [0, 0.1) is 5.82 Å². The van der Waals surface area contributed by atoms with E-state index in [-0.39, 0.29) is 24.1 Å². The molecule has 22 heavy (non-hydrogen) atoms. The first kappa shape index (κ1) is 16.2. The molecule has 2 rings (SSSR count). The first-order valence-corrected chi connectivity index (χ1v) is 7.29. The minimum Gasteiger partial charge on any atom is -0.481 e. The zero-order valence-electron chi connectivity index (χ0n) is 11.5. The largest absolute Gasteiger partial charge is 0.481 e. The van der Waals surface area contributed by atoms with E-state index in [9.17, 15) is 9.18 Å². The van der Waals surface area contributed by atoms with E-state index in [1.165, 1.54) is 12.1 Å². The number of nitrogens with zero attached hydrogens (tertiary/aromatic N) is 1. The number of aliphatic carboxylic acids is 1. The smallest absolute Gasteiger partial charge is 0.303 e. The Morgan fingerprint density at radius 1 is 1.09 bits per heavy atom. The Hall–Kier alpha value is -2.21. The molecule has 2 N–H and O–H groups in total. The number of halogens is 2. The Labute approximate surface area is 135 Å². The van der Waals surface area contributed by atoms with Gasteiger partial charge in [-0.2, -0.15) is 0 Å². The molecule has 4 nitrogen and oxygen atoms in total. The van der Waals surface area contributed by atoms with Gasteiger partial charge in [0.2, 0.25) is 0 Å². The Bertz CT molecular complexity index is 714. The topological polar surface area (TPSA) is 69.9 Å². The summed E-state index contributed by atoms with van der Waals surface area (Å²) in [6, 6.07) is 11.9. The quantitative estimate of drug-likeness (QED) is 0.471. The molecule has 0 bridgehead atoms. The molecule has 0 amide bonds. The van der Waals surface area contributed by atoms with Crippen LogP contribution in [0.25, 0.3) is 11.1 Å². The number of hydrogen-bond donors (Lipinski definition) is 2. The van der Waals surface area contributed by atoms with E-state index >= 15 is 0 Å². The molecular weight excluding hydrogens is 353 g/mol. The van der Waals surface area contributed by atoms with Crippen molar-refractivity contribution in [3.8, 4) is 11.1 Å². The van der Waals surface area contributed by atoms with Crippen molar-refractivity contribution in [3.05, 3.63) is 58.3 Å². The maximum absolute atomic E-state index is 14.2. The molecule has 0 aliphatic rings. The molecule has 0 spiro atoms. The van der Waals surface area contributed by atoms with Gasteiger partial charge in [-0.25, -0.2) is 4.39 Å². The van der Waals surface area contributed by atoms with Crippen LogP contribution in [0.4, 0.5) is 4.39 Å². The highest BCUT2D eigenvalue weighted by Gasteiger charge is 2.13. The van der Waals surface area contributed by atoms with Crippen molar-refractivity contribution in [2.45, 2.75) is 12.8 Å². The standard InChI is InChI=1S/C16H13BrFNO3/c17-12-4-1-10(2-5-12)11-3-6-13(14(18)9-11)15(19-22)7-8-16(20)21/h1-6,9,22H,7-8H2,(H,20,21)/b19-15+. The lowest BCUT2D eigenvalue weighted by Crippen LogP contribution is -2.07. The number of carboxylic acids is 1. The molecule has 0 atom stereocenters.